The van der Waals surface area contributed by atoms with Gasteiger partial charge in [-0.3, -0.25) is 4.79 Å². The number of amides is 1. The van der Waals surface area contributed by atoms with Crippen molar-refractivity contribution in [2.45, 2.75) is 26.2 Å². The van der Waals surface area contributed by atoms with Gasteiger partial charge in [-0.05, 0) is 61.9 Å². The summed E-state index contributed by atoms with van der Waals surface area (Å²) in [5.41, 5.74) is 2.72. The maximum absolute atomic E-state index is 13.0. The fourth-order valence-electron chi connectivity index (χ4n) is 4.78. The summed E-state index contributed by atoms with van der Waals surface area (Å²) in [6.07, 6.45) is 3.43. The number of piperidine rings is 1. The molecule has 4 heterocycles. The Morgan fingerprint density at radius 1 is 0.765 bits per heavy atom. The van der Waals surface area contributed by atoms with Crippen molar-refractivity contribution in [3.63, 3.8) is 0 Å². The van der Waals surface area contributed by atoms with Crippen LogP contribution in [0.4, 0.5) is 11.6 Å². The van der Waals surface area contributed by atoms with E-state index in [2.05, 4.69) is 60.5 Å². The molecule has 2 aliphatic heterocycles. The molecule has 1 amide bonds. The number of hydrogen-bond donors (Lipinski definition) is 0. The first-order chi connectivity index (χ1) is 16.7. The van der Waals surface area contributed by atoms with Gasteiger partial charge in [-0.25, -0.2) is 0 Å². The second kappa shape index (κ2) is 10.2. The monoisotopic (exact) mass is 457 g/mol. The highest BCUT2D eigenvalue weighted by molar-refractivity contribution is 5.92. The highest BCUT2D eigenvalue weighted by Crippen LogP contribution is 2.24. The maximum atomic E-state index is 13.0. The second-order valence-corrected chi connectivity index (χ2v) is 9.21. The Morgan fingerprint density at radius 3 is 2.03 bits per heavy atom. The van der Waals surface area contributed by atoms with Crippen molar-refractivity contribution >= 4 is 17.5 Å². The van der Waals surface area contributed by atoms with Crippen molar-refractivity contribution in [3.8, 4) is 0 Å². The highest BCUT2D eigenvalue weighted by atomic mass is 16.2. The fourth-order valence-corrected chi connectivity index (χ4v) is 4.78. The topological polar surface area (TPSA) is 78.4 Å². The molecular weight excluding hydrogens is 426 g/mol. The third kappa shape index (κ3) is 5.16. The van der Waals surface area contributed by atoms with Gasteiger partial charge in [0.25, 0.3) is 5.91 Å². The molecule has 176 valence electrons. The van der Waals surface area contributed by atoms with Gasteiger partial charge in [0.05, 0.1) is 5.69 Å². The molecule has 34 heavy (non-hydrogen) atoms. The minimum Gasteiger partial charge on any atom is -0.355 e. The number of nitrogens with zero attached hydrogens (tertiary/aromatic N) is 7. The number of hydrogen-bond acceptors (Lipinski definition) is 7. The number of carbonyl (C=O) groups excluding carboxylic acids is 1. The Bertz CT molecular complexity index is 1070. The van der Waals surface area contributed by atoms with Crippen molar-refractivity contribution in [2.75, 3.05) is 49.1 Å². The van der Waals surface area contributed by atoms with E-state index < -0.39 is 0 Å². The van der Waals surface area contributed by atoms with Gasteiger partial charge in [-0.15, -0.1) is 15.3 Å². The molecule has 2 saturated heterocycles. The van der Waals surface area contributed by atoms with Crippen LogP contribution in [-0.4, -0.2) is 70.5 Å². The Hall–Kier alpha value is -3.55. The second-order valence-electron chi connectivity index (χ2n) is 9.21. The molecule has 0 unspecified atom stereocenters. The van der Waals surface area contributed by atoms with E-state index in [0.717, 1.165) is 62.8 Å². The number of anilines is 2. The largest absolute Gasteiger partial charge is 0.355 e. The van der Waals surface area contributed by atoms with Gasteiger partial charge in [-0.1, -0.05) is 30.3 Å². The quantitative estimate of drug-likeness (QED) is 0.583. The SMILES string of the molecule is Cc1ccc(N2CCN(C(=O)c3ccc(N4CCC(Cc5ccccc5)CC4)nn3)CC2)nn1. The van der Waals surface area contributed by atoms with Crippen LogP contribution in [0.5, 0.6) is 0 Å². The van der Waals surface area contributed by atoms with Gasteiger partial charge in [0.15, 0.2) is 17.3 Å². The first-order valence-electron chi connectivity index (χ1n) is 12.1. The van der Waals surface area contributed by atoms with E-state index in [9.17, 15) is 4.79 Å². The van der Waals surface area contributed by atoms with Crippen LogP contribution in [-0.2, 0) is 6.42 Å². The van der Waals surface area contributed by atoms with E-state index in [1.54, 1.807) is 0 Å². The Labute approximate surface area is 200 Å². The van der Waals surface area contributed by atoms with E-state index in [0.29, 0.717) is 24.7 Å². The van der Waals surface area contributed by atoms with Crippen LogP contribution in [0, 0.1) is 12.8 Å². The van der Waals surface area contributed by atoms with Crippen LogP contribution in [0.2, 0.25) is 0 Å². The summed E-state index contributed by atoms with van der Waals surface area (Å²) in [5.74, 6) is 2.36. The van der Waals surface area contributed by atoms with Crippen molar-refractivity contribution in [1.29, 1.82) is 0 Å². The zero-order chi connectivity index (χ0) is 23.3. The van der Waals surface area contributed by atoms with Gasteiger partial charge in [0.1, 0.15) is 0 Å². The molecule has 2 fully saturated rings. The zero-order valence-corrected chi connectivity index (χ0v) is 19.7. The minimum atomic E-state index is -0.0599. The average molecular weight is 458 g/mol. The van der Waals surface area contributed by atoms with Crippen LogP contribution in [0.3, 0.4) is 0 Å². The van der Waals surface area contributed by atoms with E-state index in [4.69, 9.17) is 0 Å². The predicted molar refractivity (Wildman–Crippen MR) is 132 cm³/mol. The molecule has 0 bridgehead atoms. The lowest BCUT2D eigenvalue weighted by Gasteiger charge is -2.35. The highest BCUT2D eigenvalue weighted by Gasteiger charge is 2.25. The molecule has 0 N–H and O–H groups in total. The molecule has 0 saturated carbocycles. The normalized spacial score (nSPS) is 17.1. The van der Waals surface area contributed by atoms with Crippen molar-refractivity contribution in [2.24, 2.45) is 5.92 Å². The summed E-state index contributed by atoms with van der Waals surface area (Å²) in [7, 11) is 0. The molecule has 8 heteroatoms. The third-order valence-electron chi connectivity index (χ3n) is 6.85. The Balaban J connectivity index is 1.12. The maximum Gasteiger partial charge on any atom is 0.274 e. The first kappa shape index (κ1) is 22.3. The molecule has 2 aromatic heterocycles. The third-order valence-corrected chi connectivity index (χ3v) is 6.85. The number of rotatable bonds is 5. The molecule has 1 aromatic carbocycles. The Morgan fingerprint density at radius 2 is 1.41 bits per heavy atom. The van der Waals surface area contributed by atoms with E-state index in [1.807, 2.05) is 36.1 Å². The van der Waals surface area contributed by atoms with E-state index >= 15 is 0 Å². The summed E-state index contributed by atoms with van der Waals surface area (Å²) in [4.78, 5) is 19.2. The number of aromatic nitrogens is 4. The molecule has 5 rings (SSSR count). The van der Waals surface area contributed by atoms with Crippen LogP contribution >= 0.6 is 0 Å². The van der Waals surface area contributed by atoms with Crippen LogP contribution < -0.4 is 9.80 Å². The fraction of sp³-hybridized carbons (Fsp3) is 0.423. The predicted octanol–water partition coefficient (Wildman–Crippen LogP) is 3.00. The summed E-state index contributed by atoms with van der Waals surface area (Å²) < 4.78 is 0. The van der Waals surface area contributed by atoms with E-state index in [-0.39, 0.29) is 5.91 Å². The smallest absolute Gasteiger partial charge is 0.274 e. The standard InChI is InChI=1S/C26H31N7O/c1-20-7-9-24(29-27-20)32-15-17-33(18-16-32)26(34)23-8-10-25(30-28-23)31-13-11-22(12-14-31)19-21-5-3-2-4-6-21/h2-10,22H,11-19H2,1H3. The number of aryl methyl sites for hydroxylation is 1. The van der Waals surface area contributed by atoms with Gasteiger partial charge in [-0.2, -0.15) is 5.10 Å². The number of carbonyl (C=O) groups is 1. The van der Waals surface area contributed by atoms with Crippen LogP contribution in [0.15, 0.2) is 54.6 Å². The minimum absolute atomic E-state index is 0.0599. The molecule has 0 radical (unpaired) electrons. The first-order valence-corrected chi connectivity index (χ1v) is 12.1. The van der Waals surface area contributed by atoms with Crippen molar-refractivity contribution in [3.05, 3.63) is 71.5 Å². The summed E-state index contributed by atoms with van der Waals surface area (Å²) in [6, 6.07) is 18.4. The molecule has 0 spiro atoms. The summed E-state index contributed by atoms with van der Waals surface area (Å²) in [5, 5.41) is 17.1. The lowest BCUT2D eigenvalue weighted by molar-refractivity contribution is 0.0739. The number of piperazine rings is 1. The molecule has 3 aromatic rings. The van der Waals surface area contributed by atoms with Gasteiger partial charge in [0, 0.05) is 39.3 Å². The summed E-state index contributed by atoms with van der Waals surface area (Å²) in [6.45, 7) is 6.60. The number of benzene rings is 1. The lowest BCUT2D eigenvalue weighted by Crippen LogP contribution is -2.49. The molecule has 8 nitrogen and oxygen atoms in total. The average Bonchev–Trinajstić information content (AvgIpc) is 2.90. The zero-order valence-electron chi connectivity index (χ0n) is 19.7. The molecular formula is C26H31N7O. The Kier molecular flexibility index (Phi) is 6.65. The van der Waals surface area contributed by atoms with Crippen molar-refractivity contribution < 1.29 is 4.79 Å². The van der Waals surface area contributed by atoms with Crippen LogP contribution in [0.25, 0.3) is 0 Å². The van der Waals surface area contributed by atoms with Crippen LogP contribution in [0.1, 0.15) is 34.6 Å². The molecule has 2 aliphatic rings. The molecule has 0 aliphatic carbocycles. The summed E-state index contributed by atoms with van der Waals surface area (Å²) >= 11 is 0. The van der Waals surface area contributed by atoms with Gasteiger partial charge < -0.3 is 14.7 Å². The van der Waals surface area contributed by atoms with E-state index in [1.165, 1.54) is 5.56 Å². The van der Waals surface area contributed by atoms with Gasteiger partial charge in [0.2, 0.25) is 0 Å². The molecule has 0 atom stereocenters. The van der Waals surface area contributed by atoms with Gasteiger partial charge >= 0.3 is 0 Å². The lowest BCUT2D eigenvalue weighted by atomic mass is 9.90. The van der Waals surface area contributed by atoms with Crippen molar-refractivity contribution in [1.82, 2.24) is 25.3 Å².